The van der Waals surface area contributed by atoms with Crippen molar-refractivity contribution in [1.29, 1.82) is 5.26 Å². The molecule has 0 N–H and O–H groups in total. The van der Waals surface area contributed by atoms with Gasteiger partial charge in [0.2, 0.25) is 0 Å². The fourth-order valence-electron chi connectivity index (χ4n) is 3.30. The predicted molar refractivity (Wildman–Crippen MR) is 81.2 cm³/mol. The largest absolute Gasteiger partial charge is 0.419 e. The van der Waals surface area contributed by atoms with Gasteiger partial charge in [0.1, 0.15) is 0 Å². The summed E-state index contributed by atoms with van der Waals surface area (Å²) in [6, 6.07) is 2.41. The van der Waals surface area contributed by atoms with Crippen LogP contribution in [0.4, 0.5) is 13.2 Å². The van der Waals surface area contributed by atoms with Crippen LogP contribution in [0.25, 0.3) is 0 Å². The van der Waals surface area contributed by atoms with E-state index in [2.05, 4.69) is 28.7 Å². The van der Waals surface area contributed by atoms with Gasteiger partial charge in [-0.25, -0.2) is 0 Å². The quantitative estimate of drug-likeness (QED) is 0.519. The first-order valence-corrected chi connectivity index (χ1v) is 8.34. The van der Waals surface area contributed by atoms with Crippen LogP contribution < -0.4 is 0 Å². The Kier molecular flexibility index (Phi) is 5.11. The van der Waals surface area contributed by atoms with Crippen molar-refractivity contribution in [3.05, 3.63) is 0 Å². The second kappa shape index (κ2) is 6.20. The summed E-state index contributed by atoms with van der Waals surface area (Å²) in [6.45, 7) is 1.57. The molecule has 2 aliphatic rings. The Morgan fingerprint density at radius 2 is 1.90 bits per heavy atom. The number of hydrogen-bond acceptors (Lipinski definition) is 3. The number of rotatable bonds is 4. The predicted octanol–water partition coefficient (Wildman–Crippen LogP) is 3.67. The van der Waals surface area contributed by atoms with E-state index in [1.54, 1.807) is 6.92 Å². The maximum atomic E-state index is 13.1. The van der Waals surface area contributed by atoms with E-state index in [0.29, 0.717) is 6.42 Å². The van der Waals surface area contributed by atoms with Gasteiger partial charge in [-0.1, -0.05) is 22.6 Å². The molecule has 2 fully saturated rings. The van der Waals surface area contributed by atoms with Gasteiger partial charge < -0.3 is 4.74 Å². The van der Waals surface area contributed by atoms with E-state index in [4.69, 9.17) is 10.00 Å². The molecule has 0 spiro atoms. The van der Waals surface area contributed by atoms with Gasteiger partial charge in [-0.3, -0.25) is 4.90 Å². The lowest BCUT2D eigenvalue weighted by Gasteiger charge is -2.54. The highest BCUT2D eigenvalue weighted by Crippen LogP contribution is 2.46. The van der Waals surface area contributed by atoms with Crippen LogP contribution in [0.5, 0.6) is 0 Å². The highest BCUT2D eigenvalue weighted by Gasteiger charge is 2.63. The summed E-state index contributed by atoms with van der Waals surface area (Å²) < 4.78 is 44.4. The van der Waals surface area contributed by atoms with E-state index >= 15 is 0 Å². The first-order valence-electron chi connectivity index (χ1n) is 7.26. The van der Waals surface area contributed by atoms with E-state index in [1.165, 1.54) is 0 Å². The molecule has 0 amide bonds. The number of nitrogens with zero attached hydrogens (tertiary/aromatic N) is 2. The van der Waals surface area contributed by atoms with Crippen molar-refractivity contribution >= 4 is 22.6 Å². The Balaban J connectivity index is 1.89. The lowest BCUT2D eigenvalue weighted by molar-refractivity contribution is -0.322. The van der Waals surface area contributed by atoms with Crippen molar-refractivity contribution in [1.82, 2.24) is 4.90 Å². The van der Waals surface area contributed by atoms with Crippen LogP contribution >= 0.6 is 22.6 Å². The molecule has 1 heterocycles. The van der Waals surface area contributed by atoms with Crippen molar-refractivity contribution in [3.8, 4) is 6.07 Å². The second-order valence-corrected chi connectivity index (χ2v) is 8.34. The van der Waals surface area contributed by atoms with Crippen molar-refractivity contribution in [3.63, 3.8) is 0 Å². The maximum absolute atomic E-state index is 13.1. The molecule has 0 unspecified atom stereocenters. The lowest BCUT2D eigenvalue weighted by atomic mass is 9.80. The van der Waals surface area contributed by atoms with Crippen molar-refractivity contribution in [2.24, 2.45) is 0 Å². The van der Waals surface area contributed by atoms with Gasteiger partial charge in [0.05, 0.1) is 6.07 Å². The summed E-state index contributed by atoms with van der Waals surface area (Å²) in [5.74, 6) is 0. The standard InChI is InChI=1S/C14H20F3IN2O/c1-2-21-13(14(15,16)17)9-20(10-13)11-3-5-12(18,6-4-11)7-8-19/h11H,2-7,9-10H2,1H3/t11-,12+. The van der Waals surface area contributed by atoms with Gasteiger partial charge in [-0.2, -0.15) is 18.4 Å². The SMILES string of the molecule is CCOC1(C(F)(F)F)CN([C@H]2CC[C@](I)(CC#N)CC2)C1. The summed E-state index contributed by atoms with van der Waals surface area (Å²) in [4.78, 5) is 1.89. The topological polar surface area (TPSA) is 36.3 Å². The zero-order chi connectivity index (χ0) is 15.7. The molecular weight excluding hydrogens is 396 g/mol. The Hall–Kier alpha value is -0.0700. The maximum Gasteiger partial charge on any atom is 0.419 e. The Morgan fingerprint density at radius 3 is 2.33 bits per heavy atom. The number of likely N-dealkylation sites (tertiary alicyclic amines) is 1. The van der Waals surface area contributed by atoms with E-state index in [9.17, 15) is 13.2 Å². The van der Waals surface area contributed by atoms with Crippen LogP contribution in [-0.4, -0.2) is 45.8 Å². The average Bonchev–Trinajstić information content (AvgIpc) is 2.33. The fraction of sp³-hybridized carbons (Fsp3) is 0.929. The Labute approximate surface area is 136 Å². The molecule has 1 saturated carbocycles. The van der Waals surface area contributed by atoms with Gasteiger partial charge in [0, 0.05) is 35.6 Å². The van der Waals surface area contributed by atoms with Crippen molar-refractivity contribution in [2.75, 3.05) is 19.7 Å². The van der Waals surface area contributed by atoms with E-state index in [-0.39, 0.29) is 29.2 Å². The first kappa shape index (κ1) is 17.3. The molecule has 2 rings (SSSR count). The molecule has 1 aliphatic carbocycles. The molecule has 0 bridgehead atoms. The molecule has 0 radical (unpaired) electrons. The molecule has 0 aromatic heterocycles. The third-order valence-corrected chi connectivity index (χ3v) is 6.08. The highest BCUT2D eigenvalue weighted by molar-refractivity contribution is 14.1. The molecule has 7 heteroatoms. The normalized spacial score (nSPS) is 33.2. The number of nitriles is 1. The summed E-state index contributed by atoms with van der Waals surface area (Å²) in [6.07, 6.45) is -0.255. The van der Waals surface area contributed by atoms with E-state index < -0.39 is 11.8 Å². The molecule has 1 aliphatic heterocycles. The second-order valence-electron chi connectivity index (χ2n) is 6.05. The Bertz CT molecular complexity index is 407. The molecule has 0 aromatic rings. The van der Waals surface area contributed by atoms with Crippen LogP contribution in [0.1, 0.15) is 39.0 Å². The number of alkyl halides is 4. The molecule has 0 aromatic carbocycles. The Morgan fingerprint density at radius 1 is 1.33 bits per heavy atom. The monoisotopic (exact) mass is 416 g/mol. The van der Waals surface area contributed by atoms with Crippen LogP contribution in [0.15, 0.2) is 0 Å². The van der Waals surface area contributed by atoms with Crippen LogP contribution in [0.3, 0.4) is 0 Å². The van der Waals surface area contributed by atoms with Crippen LogP contribution in [-0.2, 0) is 4.74 Å². The number of ether oxygens (including phenoxy) is 1. The summed E-state index contributed by atoms with van der Waals surface area (Å²) in [5, 5.41) is 8.83. The van der Waals surface area contributed by atoms with E-state index in [1.807, 2.05) is 4.90 Å². The smallest absolute Gasteiger partial charge is 0.363 e. The van der Waals surface area contributed by atoms with Crippen molar-refractivity contribution in [2.45, 2.75) is 60.3 Å². The molecule has 120 valence electrons. The first-order chi connectivity index (χ1) is 9.75. The molecule has 0 atom stereocenters. The highest BCUT2D eigenvalue weighted by atomic mass is 127. The van der Waals surface area contributed by atoms with Gasteiger partial charge in [0.15, 0.2) is 5.60 Å². The minimum absolute atomic E-state index is 0.00884. The minimum Gasteiger partial charge on any atom is -0.363 e. The van der Waals surface area contributed by atoms with Crippen LogP contribution in [0.2, 0.25) is 0 Å². The number of halogens is 4. The summed E-state index contributed by atoms with van der Waals surface area (Å²) in [5.41, 5.74) is -1.97. The van der Waals surface area contributed by atoms with Gasteiger partial charge in [-0.15, -0.1) is 0 Å². The van der Waals surface area contributed by atoms with Crippen LogP contribution in [0, 0.1) is 11.3 Å². The number of hydrogen-bond donors (Lipinski definition) is 0. The van der Waals surface area contributed by atoms with E-state index in [0.717, 1.165) is 25.7 Å². The average molecular weight is 416 g/mol. The molecular formula is C14H20F3IN2O. The fourth-order valence-corrected chi connectivity index (χ4v) is 4.09. The molecule has 3 nitrogen and oxygen atoms in total. The zero-order valence-electron chi connectivity index (χ0n) is 12.0. The van der Waals surface area contributed by atoms with Gasteiger partial charge >= 0.3 is 6.18 Å². The molecule has 21 heavy (non-hydrogen) atoms. The third kappa shape index (κ3) is 3.48. The summed E-state index contributed by atoms with van der Waals surface area (Å²) >= 11 is 2.34. The van der Waals surface area contributed by atoms with Crippen molar-refractivity contribution < 1.29 is 17.9 Å². The summed E-state index contributed by atoms with van der Waals surface area (Å²) in [7, 11) is 0. The zero-order valence-corrected chi connectivity index (χ0v) is 14.2. The van der Waals surface area contributed by atoms with Gasteiger partial charge in [0.25, 0.3) is 0 Å². The minimum atomic E-state index is -4.30. The third-order valence-electron chi connectivity index (χ3n) is 4.62. The lowest BCUT2D eigenvalue weighted by Crippen LogP contribution is -2.72. The van der Waals surface area contributed by atoms with Gasteiger partial charge in [-0.05, 0) is 32.6 Å². The molecule has 1 saturated heterocycles.